The number of carbonyl (C=O) groups is 2. The maximum atomic E-state index is 13.3. The molecule has 3 heterocycles. The Kier molecular flexibility index (Phi) is 6.50. The van der Waals surface area contributed by atoms with E-state index in [4.69, 9.17) is 9.47 Å². The molecule has 3 aromatic rings. The highest BCUT2D eigenvalue weighted by molar-refractivity contribution is 5.95. The molecule has 8 nitrogen and oxygen atoms in total. The van der Waals surface area contributed by atoms with E-state index < -0.39 is 0 Å². The van der Waals surface area contributed by atoms with Gasteiger partial charge < -0.3 is 24.3 Å². The van der Waals surface area contributed by atoms with Crippen molar-refractivity contribution in [2.24, 2.45) is 5.92 Å². The number of carbonyl (C=O) groups excluding carboxylic acids is 2. The Labute approximate surface area is 209 Å². The van der Waals surface area contributed by atoms with Gasteiger partial charge in [-0.05, 0) is 60.4 Å². The third-order valence-electron chi connectivity index (χ3n) is 7.01. The number of hydrogen-bond acceptors (Lipinski definition) is 5. The second-order valence-corrected chi connectivity index (χ2v) is 9.39. The molecule has 2 bridgehead atoms. The van der Waals surface area contributed by atoms with Crippen molar-refractivity contribution < 1.29 is 19.1 Å². The van der Waals surface area contributed by atoms with Gasteiger partial charge in [0.2, 0.25) is 5.91 Å². The highest BCUT2D eigenvalue weighted by atomic mass is 16.5. The fourth-order valence-electron chi connectivity index (χ4n) is 5.33. The first-order valence-corrected chi connectivity index (χ1v) is 12.0. The second-order valence-electron chi connectivity index (χ2n) is 9.39. The van der Waals surface area contributed by atoms with E-state index in [9.17, 15) is 14.4 Å². The highest BCUT2D eigenvalue weighted by Crippen LogP contribution is 2.39. The molecule has 2 aliphatic heterocycles. The summed E-state index contributed by atoms with van der Waals surface area (Å²) in [6, 6.07) is 17.7. The number of nitrogens with zero attached hydrogens (tertiary/aromatic N) is 2. The summed E-state index contributed by atoms with van der Waals surface area (Å²) in [5.41, 5.74) is 2.82. The maximum absolute atomic E-state index is 13.3. The average Bonchev–Trinajstić information content (AvgIpc) is 2.90. The Morgan fingerprint density at radius 3 is 2.22 bits per heavy atom. The molecule has 0 unspecified atom stereocenters. The summed E-state index contributed by atoms with van der Waals surface area (Å²) >= 11 is 0. The summed E-state index contributed by atoms with van der Waals surface area (Å²) < 4.78 is 12.2. The molecule has 0 radical (unpaired) electrons. The number of benzene rings is 2. The lowest BCUT2D eigenvalue weighted by Crippen LogP contribution is -2.49. The van der Waals surface area contributed by atoms with E-state index >= 15 is 0 Å². The van der Waals surface area contributed by atoms with Crippen molar-refractivity contribution in [2.45, 2.75) is 25.3 Å². The number of likely N-dealkylation sites (tertiary alicyclic amines) is 1. The number of pyridine rings is 1. The quantitative estimate of drug-likeness (QED) is 0.576. The topological polar surface area (TPSA) is 89.9 Å². The summed E-state index contributed by atoms with van der Waals surface area (Å²) in [6.45, 7) is 1.62. The zero-order valence-corrected chi connectivity index (χ0v) is 20.4. The molecule has 36 heavy (non-hydrogen) atoms. The van der Waals surface area contributed by atoms with Crippen LogP contribution < -0.4 is 20.3 Å². The fraction of sp³-hybridized carbons (Fsp3) is 0.321. The summed E-state index contributed by atoms with van der Waals surface area (Å²) in [5.74, 6) is 1.38. The first-order valence-electron chi connectivity index (χ1n) is 12.0. The Hall–Kier alpha value is -4.07. The van der Waals surface area contributed by atoms with Gasteiger partial charge in [0, 0.05) is 42.9 Å². The molecule has 2 aliphatic rings. The van der Waals surface area contributed by atoms with Gasteiger partial charge in [-0.3, -0.25) is 14.4 Å². The smallest absolute Gasteiger partial charge is 0.253 e. The molecule has 1 saturated heterocycles. The lowest BCUT2D eigenvalue weighted by Gasteiger charge is -2.43. The van der Waals surface area contributed by atoms with Crippen LogP contribution in [0.1, 0.15) is 34.0 Å². The molecule has 8 heteroatoms. The molecule has 2 amide bonds. The van der Waals surface area contributed by atoms with Gasteiger partial charge >= 0.3 is 0 Å². The van der Waals surface area contributed by atoms with Gasteiger partial charge in [-0.1, -0.05) is 12.1 Å². The van der Waals surface area contributed by atoms with Crippen LogP contribution in [0.2, 0.25) is 0 Å². The summed E-state index contributed by atoms with van der Waals surface area (Å²) in [7, 11) is 3.19. The third-order valence-corrected chi connectivity index (χ3v) is 7.01. The number of piperidine rings is 1. The largest absolute Gasteiger partial charge is 0.497 e. The van der Waals surface area contributed by atoms with Gasteiger partial charge in [-0.25, -0.2) is 0 Å². The van der Waals surface area contributed by atoms with Crippen LogP contribution in [-0.4, -0.2) is 48.6 Å². The highest BCUT2D eigenvalue weighted by Gasteiger charge is 2.38. The molecule has 2 aromatic carbocycles. The van der Waals surface area contributed by atoms with E-state index in [0.717, 1.165) is 23.4 Å². The summed E-state index contributed by atoms with van der Waals surface area (Å²) in [5, 5.41) is 3.02. The fourth-order valence-corrected chi connectivity index (χ4v) is 5.33. The van der Waals surface area contributed by atoms with Crippen molar-refractivity contribution in [3.8, 4) is 11.5 Å². The van der Waals surface area contributed by atoms with E-state index in [0.29, 0.717) is 36.6 Å². The molecular formula is C28H29N3O5. The number of aromatic nitrogens is 1. The zero-order valence-electron chi connectivity index (χ0n) is 20.4. The predicted molar refractivity (Wildman–Crippen MR) is 136 cm³/mol. The van der Waals surface area contributed by atoms with Crippen molar-refractivity contribution in [3.63, 3.8) is 0 Å². The van der Waals surface area contributed by atoms with Gasteiger partial charge in [0.25, 0.3) is 11.5 Å². The van der Waals surface area contributed by atoms with Crippen LogP contribution in [0.4, 0.5) is 5.69 Å². The number of hydrogen-bond donors (Lipinski definition) is 1. The van der Waals surface area contributed by atoms with Crippen molar-refractivity contribution in [2.75, 3.05) is 32.6 Å². The van der Waals surface area contributed by atoms with E-state index in [1.165, 1.54) is 6.07 Å². The number of amides is 2. The van der Waals surface area contributed by atoms with E-state index in [-0.39, 0.29) is 35.6 Å². The maximum Gasteiger partial charge on any atom is 0.253 e. The SMILES string of the molecule is COc1ccc(CC(=O)Nc2ccc(=O)n3c2[C@@H]2C[C@@H](CN(C(=O)c4ccc(OC)cc4)C2)C3)cc1. The Balaban J connectivity index is 1.36. The predicted octanol–water partition coefficient (Wildman–Crippen LogP) is 3.31. The number of ether oxygens (including phenoxy) is 2. The molecular weight excluding hydrogens is 458 g/mol. The standard InChI is InChI=1S/C28H29N3O5/c1-35-22-7-3-18(4-8-22)14-25(32)29-24-11-12-26(33)31-16-19-13-21(27(24)31)17-30(15-19)28(34)20-5-9-23(36-2)10-6-20/h3-12,19,21H,13-17H2,1-2H3,(H,29,32)/t19-,21+/m0/s1. The summed E-state index contributed by atoms with van der Waals surface area (Å²) in [6.07, 6.45) is 1.08. The first kappa shape index (κ1) is 23.7. The molecule has 0 saturated carbocycles. The normalized spacial score (nSPS) is 18.2. The van der Waals surface area contributed by atoms with E-state index in [2.05, 4.69) is 5.32 Å². The zero-order chi connectivity index (χ0) is 25.2. The molecule has 186 valence electrons. The number of nitrogens with one attached hydrogen (secondary N) is 1. The molecule has 0 aliphatic carbocycles. The number of rotatable bonds is 6. The van der Waals surface area contributed by atoms with Crippen molar-refractivity contribution >= 4 is 17.5 Å². The minimum absolute atomic E-state index is 0.0371. The first-order chi connectivity index (χ1) is 17.4. The monoisotopic (exact) mass is 487 g/mol. The van der Waals surface area contributed by atoms with E-state index in [1.54, 1.807) is 49.1 Å². The average molecular weight is 488 g/mol. The van der Waals surface area contributed by atoms with Gasteiger partial charge in [-0.2, -0.15) is 0 Å². The van der Waals surface area contributed by atoms with Gasteiger partial charge in [0.1, 0.15) is 11.5 Å². The Bertz CT molecular complexity index is 1330. The van der Waals surface area contributed by atoms with Crippen LogP contribution in [0.5, 0.6) is 11.5 Å². The van der Waals surface area contributed by atoms with Crippen LogP contribution in [0.3, 0.4) is 0 Å². The Morgan fingerprint density at radius 1 is 0.889 bits per heavy atom. The number of fused-ring (bicyclic) bond motifs is 4. The molecule has 1 aromatic heterocycles. The van der Waals surface area contributed by atoms with Crippen molar-refractivity contribution in [3.05, 3.63) is 87.8 Å². The molecule has 5 rings (SSSR count). The second kappa shape index (κ2) is 9.89. The third kappa shape index (κ3) is 4.71. The van der Waals surface area contributed by atoms with E-state index in [1.807, 2.05) is 29.2 Å². The van der Waals surface area contributed by atoms with Crippen molar-refractivity contribution in [1.82, 2.24) is 9.47 Å². The number of methoxy groups -OCH3 is 2. The lowest BCUT2D eigenvalue weighted by atomic mass is 9.82. The molecule has 2 atom stereocenters. The van der Waals surface area contributed by atoms with Crippen LogP contribution in [0.25, 0.3) is 0 Å². The van der Waals surface area contributed by atoms with Gasteiger partial charge in [0.05, 0.1) is 26.3 Å². The summed E-state index contributed by atoms with van der Waals surface area (Å²) in [4.78, 5) is 40.7. The van der Waals surface area contributed by atoms with Crippen LogP contribution >= 0.6 is 0 Å². The van der Waals surface area contributed by atoms with Gasteiger partial charge in [-0.15, -0.1) is 0 Å². The minimum atomic E-state index is -0.161. The number of anilines is 1. The van der Waals surface area contributed by atoms with Crippen LogP contribution in [-0.2, 0) is 17.8 Å². The molecule has 1 N–H and O–H groups in total. The van der Waals surface area contributed by atoms with Crippen molar-refractivity contribution in [1.29, 1.82) is 0 Å². The van der Waals surface area contributed by atoms with Crippen LogP contribution in [0, 0.1) is 5.92 Å². The molecule has 0 spiro atoms. The van der Waals surface area contributed by atoms with Gasteiger partial charge in [0.15, 0.2) is 0 Å². The Morgan fingerprint density at radius 2 is 1.56 bits per heavy atom. The lowest BCUT2D eigenvalue weighted by molar-refractivity contribution is -0.115. The molecule has 1 fully saturated rings. The van der Waals surface area contributed by atoms with Crippen LogP contribution in [0.15, 0.2) is 65.5 Å². The minimum Gasteiger partial charge on any atom is -0.497 e.